The van der Waals surface area contributed by atoms with E-state index in [2.05, 4.69) is 5.32 Å². The Balaban J connectivity index is 1.55. The maximum atomic E-state index is 12.4. The molecule has 0 saturated carbocycles. The minimum Gasteiger partial charge on any atom is -0.451 e. The fourth-order valence-corrected chi connectivity index (χ4v) is 3.44. The molecular weight excluding hydrogens is 372 g/mol. The highest BCUT2D eigenvalue weighted by Gasteiger charge is 2.47. The van der Waals surface area contributed by atoms with Crippen molar-refractivity contribution in [3.8, 4) is 0 Å². The number of ether oxygens (including phenoxy) is 1. The maximum absolute atomic E-state index is 12.4. The van der Waals surface area contributed by atoms with Crippen LogP contribution in [0.5, 0.6) is 0 Å². The number of fused-ring (bicyclic) bond motifs is 1. The SMILES string of the molecule is C[C@H](OC(=O)CN1C(=O)[C@H]2CC=CC[C@H]2C1=O)C(=O)Nc1cccc(Cl)c1. The summed E-state index contributed by atoms with van der Waals surface area (Å²) in [5.74, 6) is -2.87. The highest BCUT2D eigenvalue weighted by atomic mass is 35.5. The molecular formula is C19H19ClN2O5. The van der Waals surface area contributed by atoms with E-state index in [9.17, 15) is 19.2 Å². The molecule has 3 rings (SSSR count). The van der Waals surface area contributed by atoms with Crippen molar-refractivity contribution in [2.45, 2.75) is 25.9 Å². The first-order valence-electron chi connectivity index (χ1n) is 8.63. The molecule has 0 unspecified atom stereocenters. The van der Waals surface area contributed by atoms with E-state index in [0.717, 1.165) is 4.90 Å². The number of anilines is 1. The number of imide groups is 1. The van der Waals surface area contributed by atoms with Gasteiger partial charge in [0.05, 0.1) is 11.8 Å². The van der Waals surface area contributed by atoms with Gasteiger partial charge >= 0.3 is 5.97 Å². The maximum Gasteiger partial charge on any atom is 0.326 e. The zero-order valence-electron chi connectivity index (χ0n) is 14.7. The lowest BCUT2D eigenvalue weighted by atomic mass is 9.85. The molecule has 3 amide bonds. The number of hydrogen-bond donors (Lipinski definition) is 1. The minimum absolute atomic E-state index is 0.359. The van der Waals surface area contributed by atoms with Crippen LogP contribution in [0.25, 0.3) is 0 Å². The topological polar surface area (TPSA) is 92.8 Å². The molecule has 1 aromatic carbocycles. The second-order valence-corrected chi connectivity index (χ2v) is 6.99. The van der Waals surface area contributed by atoms with Crippen molar-refractivity contribution in [1.29, 1.82) is 0 Å². The zero-order chi connectivity index (χ0) is 19.6. The molecule has 1 fully saturated rings. The molecule has 8 heteroatoms. The van der Waals surface area contributed by atoms with Crippen LogP contribution in [0.2, 0.25) is 5.02 Å². The first-order valence-corrected chi connectivity index (χ1v) is 9.00. The summed E-state index contributed by atoms with van der Waals surface area (Å²) in [5, 5.41) is 3.04. The Morgan fingerprint density at radius 3 is 2.44 bits per heavy atom. The summed E-state index contributed by atoms with van der Waals surface area (Å²) >= 11 is 5.86. The number of rotatable bonds is 5. The average Bonchev–Trinajstić information content (AvgIpc) is 2.87. The average molecular weight is 391 g/mol. The summed E-state index contributed by atoms with van der Waals surface area (Å²) in [6.45, 7) is 0.925. The summed E-state index contributed by atoms with van der Waals surface area (Å²) in [6.07, 6.45) is 3.65. The molecule has 3 atom stereocenters. The number of nitrogens with zero attached hydrogens (tertiary/aromatic N) is 1. The van der Waals surface area contributed by atoms with Crippen molar-refractivity contribution in [2.75, 3.05) is 11.9 Å². The number of carbonyl (C=O) groups excluding carboxylic acids is 4. The number of halogens is 1. The molecule has 1 heterocycles. The fraction of sp³-hybridized carbons (Fsp3) is 0.368. The monoisotopic (exact) mass is 390 g/mol. The Morgan fingerprint density at radius 1 is 1.22 bits per heavy atom. The Bertz CT molecular complexity index is 796. The van der Waals surface area contributed by atoms with Crippen LogP contribution in [0.3, 0.4) is 0 Å². The molecule has 0 radical (unpaired) electrons. The second-order valence-electron chi connectivity index (χ2n) is 6.55. The van der Waals surface area contributed by atoms with E-state index in [-0.39, 0.29) is 11.8 Å². The lowest BCUT2D eigenvalue weighted by Gasteiger charge is -2.17. The molecule has 1 aromatic rings. The number of nitrogens with one attached hydrogen (secondary N) is 1. The standard InChI is InChI=1S/C19H19ClN2O5/c1-11(17(24)21-13-6-4-5-12(20)9-13)27-16(23)10-22-18(25)14-7-2-3-8-15(14)19(22)26/h2-6,9,11,14-15H,7-8,10H2,1H3,(H,21,24)/t11-,14-,15+/m0/s1. The summed E-state index contributed by atoms with van der Waals surface area (Å²) in [6, 6.07) is 6.55. The molecule has 1 aliphatic heterocycles. The number of likely N-dealkylation sites (tertiary alicyclic amines) is 1. The van der Waals surface area contributed by atoms with Gasteiger partial charge in [-0.25, -0.2) is 0 Å². The van der Waals surface area contributed by atoms with E-state index in [1.807, 2.05) is 12.2 Å². The molecule has 27 heavy (non-hydrogen) atoms. The minimum atomic E-state index is -1.09. The van der Waals surface area contributed by atoms with E-state index < -0.39 is 36.4 Å². The predicted octanol–water partition coefficient (Wildman–Crippen LogP) is 2.16. The number of benzene rings is 1. The first-order chi connectivity index (χ1) is 12.9. The van der Waals surface area contributed by atoms with Crippen molar-refractivity contribution in [2.24, 2.45) is 11.8 Å². The van der Waals surface area contributed by atoms with Gasteiger partial charge in [-0.2, -0.15) is 0 Å². The van der Waals surface area contributed by atoms with E-state index >= 15 is 0 Å². The molecule has 1 aliphatic carbocycles. The van der Waals surface area contributed by atoms with Gasteiger partial charge < -0.3 is 10.1 Å². The molecule has 142 valence electrons. The van der Waals surface area contributed by atoms with Gasteiger partial charge in [-0.3, -0.25) is 24.1 Å². The van der Waals surface area contributed by atoms with Crippen LogP contribution < -0.4 is 5.32 Å². The summed E-state index contributed by atoms with van der Waals surface area (Å²) < 4.78 is 5.08. The zero-order valence-corrected chi connectivity index (χ0v) is 15.4. The van der Waals surface area contributed by atoms with Gasteiger partial charge in [0.25, 0.3) is 5.91 Å². The quantitative estimate of drug-likeness (QED) is 0.472. The van der Waals surface area contributed by atoms with Crippen LogP contribution in [0.4, 0.5) is 5.69 Å². The van der Waals surface area contributed by atoms with Gasteiger partial charge in [0, 0.05) is 10.7 Å². The number of amides is 3. The van der Waals surface area contributed by atoms with Gasteiger partial charge in [0.15, 0.2) is 6.10 Å². The summed E-state index contributed by atoms with van der Waals surface area (Å²) in [7, 11) is 0. The van der Waals surface area contributed by atoms with E-state index in [1.54, 1.807) is 24.3 Å². The molecule has 0 spiro atoms. The second kappa shape index (κ2) is 7.92. The van der Waals surface area contributed by atoms with Crippen LogP contribution >= 0.6 is 11.6 Å². The van der Waals surface area contributed by atoms with E-state index in [0.29, 0.717) is 23.6 Å². The molecule has 0 aromatic heterocycles. The number of carbonyl (C=O) groups is 4. The third kappa shape index (κ3) is 4.19. The highest BCUT2D eigenvalue weighted by Crippen LogP contribution is 2.34. The lowest BCUT2D eigenvalue weighted by Crippen LogP contribution is -2.39. The first kappa shape index (κ1) is 19.1. The number of esters is 1. The molecule has 7 nitrogen and oxygen atoms in total. The fourth-order valence-electron chi connectivity index (χ4n) is 3.25. The third-order valence-corrected chi connectivity index (χ3v) is 4.89. The van der Waals surface area contributed by atoms with Crippen molar-refractivity contribution in [3.05, 3.63) is 41.4 Å². The number of hydrogen-bond acceptors (Lipinski definition) is 5. The van der Waals surface area contributed by atoms with Crippen molar-refractivity contribution in [1.82, 2.24) is 4.90 Å². The Hall–Kier alpha value is -2.67. The van der Waals surface area contributed by atoms with Crippen molar-refractivity contribution < 1.29 is 23.9 Å². The molecule has 2 aliphatic rings. The van der Waals surface area contributed by atoms with Gasteiger partial charge in [-0.1, -0.05) is 29.8 Å². The molecule has 0 bridgehead atoms. The third-order valence-electron chi connectivity index (χ3n) is 4.66. The Morgan fingerprint density at radius 2 is 1.85 bits per heavy atom. The predicted molar refractivity (Wildman–Crippen MR) is 97.7 cm³/mol. The van der Waals surface area contributed by atoms with Gasteiger partial charge in [0.1, 0.15) is 6.54 Å². The van der Waals surface area contributed by atoms with Crippen LogP contribution in [0, 0.1) is 11.8 Å². The molecule has 1 N–H and O–H groups in total. The summed E-state index contributed by atoms with van der Waals surface area (Å²) in [4.78, 5) is 49.9. The van der Waals surface area contributed by atoms with Gasteiger partial charge in [-0.15, -0.1) is 0 Å². The smallest absolute Gasteiger partial charge is 0.326 e. The van der Waals surface area contributed by atoms with E-state index in [4.69, 9.17) is 16.3 Å². The lowest BCUT2D eigenvalue weighted by molar-refractivity contribution is -0.158. The van der Waals surface area contributed by atoms with Crippen LogP contribution in [0.15, 0.2) is 36.4 Å². The van der Waals surface area contributed by atoms with Crippen LogP contribution in [-0.2, 0) is 23.9 Å². The Kier molecular flexibility index (Phi) is 5.60. The van der Waals surface area contributed by atoms with Gasteiger partial charge in [-0.05, 0) is 38.0 Å². The summed E-state index contributed by atoms with van der Waals surface area (Å²) in [5.41, 5.74) is 0.469. The van der Waals surface area contributed by atoms with Gasteiger partial charge in [0.2, 0.25) is 11.8 Å². The molecule has 1 saturated heterocycles. The Labute approximate surface area is 161 Å². The van der Waals surface area contributed by atoms with E-state index in [1.165, 1.54) is 6.92 Å². The highest BCUT2D eigenvalue weighted by molar-refractivity contribution is 6.30. The number of allylic oxidation sites excluding steroid dienone is 2. The van der Waals surface area contributed by atoms with Crippen molar-refractivity contribution in [3.63, 3.8) is 0 Å². The normalized spacial score (nSPS) is 22.4. The van der Waals surface area contributed by atoms with Crippen LogP contribution in [-0.4, -0.2) is 41.2 Å². The largest absolute Gasteiger partial charge is 0.451 e. The van der Waals surface area contributed by atoms with Crippen molar-refractivity contribution >= 4 is 41.0 Å². The van der Waals surface area contributed by atoms with Crippen LogP contribution in [0.1, 0.15) is 19.8 Å².